The largest absolute Gasteiger partial charge is 0.496 e. The van der Waals surface area contributed by atoms with E-state index in [0.29, 0.717) is 11.3 Å². The van der Waals surface area contributed by atoms with Crippen molar-refractivity contribution in [2.24, 2.45) is 5.92 Å². The summed E-state index contributed by atoms with van der Waals surface area (Å²) in [5.74, 6) is 0.120. The molecule has 1 rings (SSSR count). The summed E-state index contributed by atoms with van der Waals surface area (Å²) >= 11 is 0. The van der Waals surface area contributed by atoms with Gasteiger partial charge in [0.25, 0.3) is 0 Å². The molecule has 0 heterocycles. The Balaban J connectivity index is 3.28. The molecule has 0 radical (unpaired) electrons. The topological polar surface area (TPSA) is 29.5 Å². The average Bonchev–Trinajstić information content (AvgIpc) is 2.17. The summed E-state index contributed by atoms with van der Waals surface area (Å²) in [6, 6.07) is 4.17. The third-order valence-electron chi connectivity index (χ3n) is 2.83. The molecular formula is C12H17FO2. The zero-order chi connectivity index (χ0) is 11.6. The maximum absolute atomic E-state index is 13.1. The van der Waals surface area contributed by atoms with Crippen molar-refractivity contribution in [2.45, 2.75) is 26.4 Å². The number of aliphatic hydroxyl groups is 1. The summed E-state index contributed by atoms with van der Waals surface area (Å²) in [6.45, 7) is 5.42. The number of halogens is 1. The van der Waals surface area contributed by atoms with Crippen molar-refractivity contribution in [2.75, 3.05) is 7.11 Å². The SMILES string of the molecule is COc1ccc(F)cc1[C@@](C)(O)C(C)C. The number of methoxy groups -OCH3 is 1. The van der Waals surface area contributed by atoms with Crippen LogP contribution in [0.1, 0.15) is 26.3 Å². The molecule has 1 aromatic carbocycles. The van der Waals surface area contributed by atoms with E-state index in [1.807, 2.05) is 13.8 Å². The molecule has 84 valence electrons. The monoisotopic (exact) mass is 212 g/mol. The third kappa shape index (κ3) is 2.29. The molecule has 0 fully saturated rings. The van der Waals surface area contributed by atoms with E-state index in [0.717, 1.165) is 0 Å². The van der Waals surface area contributed by atoms with Gasteiger partial charge in [-0.25, -0.2) is 4.39 Å². The van der Waals surface area contributed by atoms with Crippen LogP contribution in [0.15, 0.2) is 18.2 Å². The number of ether oxygens (including phenoxy) is 1. The van der Waals surface area contributed by atoms with Gasteiger partial charge in [0.1, 0.15) is 11.6 Å². The minimum atomic E-state index is -1.09. The first kappa shape index (κ1) is 12.0. The molecule has 0 aromatic heterocycles. The fourth-order valence-electron chi connectivity index (χ4n) is 1.39. The van der Waals surface area contributed by atoms with Crippen LogP contribution < -0.4 is 4.74 Å². The van der Waals surface area contributed by atoms with Crippen molar-refractivity contribution < 1.29 is 14.2 Å². The normalized spacial score (nSPS) is 15.1. The summed E-state index contributed by atoms with van der Waals surface area (Å²) < 4.78 is 18.2. The highest BCUT2D eigenvalue weighted by Gasteiger charge is 2.30. The standard InChI is InChI=1S/C12H17FO2/c1-8(2)12(3,14)10-7-9(13)5-6-11(10)15-4/h5-8,14H,1-4H3/t12-/m0/s1. The zero-order valence-corrected chi connectivity index (χ0v) is 9.54. The predicted molar refractivity (Wildman–Crippen MR) is 57.4 cm³/mol. The van der Waals surface area contributed by atoms with E-state index < -0.39 is 5.60 Å². The Labute approximate surface area is 89.7 Å². The van der Waals surface area contributed by atoms with Crippen molar-refractivity contribution in [3.05, 3.63) is 29.6 Å². The number of hydrogen-bond acceptors (Lipinski definition) is 2. The smallest absolute Gasteiger partial charge is 0.125 e. The molecule has 0 aliphatic heterocycles. The summed E-state index contributed by atoms with van der Waals surface area (Å²) in [6.07, 6.45) is 0. The van der Waals surface area contributed by atoms with E-state index in [9.17, 15) is 9.50 Å². The van der Waals surface area contributed by atoms with Gasteiger partial charge in [0.2, 0.25) is 0 Å². The molecule has 0 aliphatic rings. The molecule has 0 saturated heterocycles. The van der Waals surface area contributed by atoms with E-state index in [-0.39, 0.29) is 11.7 Å². The Morgan fingerprint density at radius 1 is 1.40 bits per heavy atom. The zero-order valence-electron chi connectivity index (χ0n) is 9.54. The van der Waals surface area contributed by atoms with Gasteiger partial charge >= 0.3 is 0 Å². The maximum atomic E-state index is 13.1. The lowest BCUT2D eigenvalue weighted by molar-refractivity contribution is 0.00667. The Morgan fingerprint density at radius 2 is 2.00 bits per heavy atom. The first-order valence-corrected chi connectivity index (χ1v) is 4.96. The summed E-state index contributed by atoms with van der Waals surface area (Å²) in [4.78, 5) is 0. The van der Waals surface area contributed by atoms with Crippen LogP contribution in [-0.4, -0.2) is 12.2 Å². The molecule has 1 aromatic rings. The van der Waals surface area contributed by atoms with Gasteiger partial charge in [0.15, 0.2) is 0 Å². The van der Waals surface area contributed by atoms with E-state index >= 15 is 0 Å². The molecule has 2 nitrogen and oxygen atoms in total. The van der Waals surface area contributed by atoms with Crippen LogP contribution in [0.5, 0.6) is 5.75 Å². The quantitative estimate of drug-likeness (QED) is 0.834. The van der Waals surface area contributed by atoms with Crippen LogP contribution in [0.25, 0.3) is 0 Å². The molecule has 1 N–H and O–H groups in total. The van der Waals surface area contributed by atoms with Crippen molar-refractivity contribution in [1.82, 2.24) is 0 Å². The molecule has 0 amide bonds. The Bertz CT molecular complexity index is 345. The lowest BCUT2D eigenvalue weighted by Gasteiger charge is -2.29. The number of rotatable bonds is 3. The van der Waals surface area contributed by atoms with Crippen LogP contribution >= 0.6 is 0 Å². The lowest BCUT2D eigenvalue weighted by Crippen LogP contribution is -2.28. The summed E-state index contributed by atoms with van der Waals surface area (Å²) in [5, 5.41) is 10.3. The first-order chi connectivity index (χ1) is 6.89. The minimum Gasteiger partial charge on any atom is -0.496 e. The molecule has 0 spiro atoms. The highest BCUT2D eigenvalue weighted by atomic mass is 19.1. The van der Waals surface area contributed by atoms with Gasteiger partial charge in [0, 0.05) is 5.56 Å². The highest BCUT2D eigenvalue weighted by Crippen LogP contribution is 2.35. The Hall–Kier alpha value is -1.09. The second kappa shape index (κ2) is 4.19. The van der Waals surface area contributed by atoms with Gasteiger partial charge in [-0.2, -0.15) is 0 Å². The van der Waals surface area contributed by atoms with Crippen LogP contribution in [-0.2, 0) is 5.60 Å². The number of hydrogen-bond donors (Lipinski definition) is 1. The van der Waals surface area contributed by atoms with Gasteiger partial charge in [0.05, 0.1) is 12.7 Å². The second-order valence-corrected chi connectivity index (χ2v) is 4.15. The lowest BCUT2D eigenvalue weighted by atomic mass is 9.84. The second-order valence-electron chi connectivity index (χ2n) is 4.15. The molecule has 0 saturated carbocycles. The fourth-order valence-corrected chi connectivity index (χ4v) is 1.39. The predicted octanol–water partition coefficient (Wildman–Crippen LogP) is 2.70. The summed E-state index contributed by atoms with van der Waals surface area (Å²) in [5.41, 5.74) is -0.604. The van der Waals surface area contributed by atoms with Gasteiger partial charge in [-0.15, -0.1) is 0 Å². The molecule has 0 unspecified atom stereocenters. The van der Waals surface area contributed by atoms with Crippen LogP contribution in [0.3, 0.4) is 0 Å². The molecule has 1 atom stereocenters. The Kier molecular flexibility index (Phi) is 3.35. The van der Waals surface area contributed by atoms with Gasteiger partial charge in [-0.1, -0.05) is 13.8 Å². The van der Waals surface area contributed by atoms with Gasteiger partial charge in [-0.05, 0) is 31.0 Å². The van der Waals surface area contributed by atoms with E-state index in [1.165, 1.54) is 25.3 Å². The van der Waals surface area contributed by atoms with Crippen molar-refractivity contribution in [1.29, 1.82) is 0 Å². The molecule has 0 bridgehead atoms. The molecular weight excluding hydrogens is 195 g/mol. The van der Waals surface area contributed by atoms with Crippen LogP contribution in [0.2, 0.25) is 0 Å². The maximum Gasteiger partial charge on any atom is 0.125 e. The molecule has 3 heteroatoms. The van der Waals surface area contributed by atoms with Gasteiger partial charge < -0.3 is 9.84 Å². The fraction of sp³-hybridized carbons (Fsp3) is 0.500. The van der Waals surface area contributed by atoms with Crippen molar-refractivity contribution >= 4 is 0 Å². The average molecular weight is 212 g/mol. The number of benzene rings is 1. The Morgan fingerprint density at radius 3 is 2.47 bits per heavy atom. The van der Waals surface area contributed by atoms with Crippen LogP contribution in [0.4, 0.5) is 4.39 Å². The minimum absolute atomic E-state index is 0.0202. The van der Waals surface area contributed by atoms with Crippen LogP contribution in [0, 0.1) is 11.7 Å². The summed E-state index contributed by atoms with van der Waals surface area (Å²) in [7, 11) is 1.51. The molecule has 0 aliphatic carbocycles. The van der Waals surface area contributed by atoms with E-state index in [4.69, 9.17) is 4.74 Å². The third-order valence-corrected chi connectivity index (χ3v) is 2.83. The van der Waals surface area contributed by atoms with Crippen molar-refractivity contribution in [3.8, 4) is 5.75 Å². The van der Waals surface area contributed by atoms with Gasteiger partial charge in [-0.3, -0.25) is 0 Å². The van der Waals surface area contributed by atoms with E-state index in [1.54, 1.807) is 6.92 Å². The van der Waals surface area contributed by atoms with Crippen molar-refractivity contribution in [3.63, 3.8) is 0 Å². The highest BCUT2D eigenvalue weighted by molar-refractivity contribution is 5.38. The molecule has 15 heavy (non-hydrogen) atoms. The first-order valence-electron chi connectivity index (χ1n) is 4.96. The van der Waals surface area contributed by atoms with E-state index in [2.05, 4.69) is 0 Å².